The quantitative estimate of drug-likeness (QED) is 0.664. The highest BCUT2D eigenvalue weighted by Gasteiger charge is 2.25. The van der Waals surface area contributed by atoms with E-state index in [-0.39, 0.29) is 10.5 Å². The minimum absolute atomic E-state index is 0.163. The zero-order valence-electron chi connectivity index (χ0n) is 16.4. The minimum atomic E-state index is -3.81. The van der Waals surface area contributed by atoms with E-state index in [0.29, 0.717) is 17.1 Å². The van der Waals surface area contributed by atoms with Gasteiger partial charge in [-0.15, -0.1) is 0 Å². The van der Waals surface area contributed by atoms with Gasteiger partial charge in [-0.25, -0.2) is 8.42 Å². The van der Waals surface area contributed by atoms with Crippen LogP contribution in [0.15, 0.2) is 77.7 Å². The number of amides is 1. The fourth-order valence-electron chi connectivity index (χ4n) is 2.81. The molecule has 0 aliphatic rings. The number of rotatable bonds is 6. The third-order valence-corrected chi connectivity index (χ3v) is 6.30. The van der Waals surface area contributed by atoms with Crippen LogP contribution >= 0.6 is 0 Å². The summed E-state index contributed by atoms with van der Waals surface area (Å²) in [7, 11) is -0.807. The fraction of sp³-hybridized carbons (Fsp3) is 0.136. The molecule has 0 saturated carbocycles. The third kappa shape index (κ3) is 4.41. The molecule has 29 heavy (non-hydrogen) atoms. The Labute approximate surface area is 170 Å². The van der Waals surface area contributed by atoms with Crippen LogP contribution in [0.5, 0.6) is 5.75 Å². The van der Waals surface area contributed by atoms with Gasteiger partial charge < -0.3 is 10.1 Å². The Balaban J connectivity index is 1.91. The van der Waals surface area contributed by atoms with Gasteiger partial charge in [-0.05, 0) is 55.5 Å². The molecule has 6 nitrogen and oxygen atoms in total. The van der Waals surface area contributed by atoms with E-state index in [0.717, 1.165) is 9.87 Å². The molecule has 7 heteroatoms. The van der Waals surface area contributed by atoms with Crippen molar-refractivity contribution < 1.29 is 17.9 Å². The maximum Gasteiger partial charge on any atom is 0.264 e. The molecule has 3 aromatic rings. The molecule has 150 valence electrons. The first-order valence-corrected chi connectivity index (χ1v) is 10.4. The van der Waals surface area contributed by atoms with Crippen molar-refractivity contribution in [1.82, 2.24) is 0 Å². The topological polar surface area (TPSA) is 75.7 Å². The smallest absolute Gasteiger partial charge is 0.264 e. The molecule has 0 aliphatic carbocycles. The SMILES string of the molecule is COc1ccc(NC(=O)c2ccccc2N(C)S(=O)(=O)c2ccc(C)cc2)cc1. The second-order valence-electron chi connectivity index (χ2n) is 6.49. The molecule has 3 aromatic carbocycles. The summed E-state index contributed by atoms with van der Waals surface area (Å²) in [5.41, 5.74) is 2.08. The number of nitrogens with one attached hydrogen (secondary N) is 1. The molecule has 1 amide bonds. The van der Waals surface area contributed by atoms with Crippen molar-refractivity contribution >= 4 is 27.3 Å². The standard InChI is InChI=1S/C22H22N2O4S/c1-16-8-14-19(15-9-16)29(26,27)24(2)21-7-5-4-6-20(21)22(25)23-17-10-12-18(28-3)13-11-17/h4-15H,1-3H3,(H,23,25). The van der Waals surface area contributed by atoms with E-state index >= 15 is 0 Å². The van der Waals surface area contributed by atoms with Crippen LogP contribution in [0.3, 0.4) is 0 Å². The van der Waals surface area contributed by atoms with Crippen LogP contribution in [0.25, 0.3) is 0 Å². The van der Waals surface area contributed by atoms with E-state index in [1.165, 1.54) is 7.05 Å². The third-order valence-electron chi connectivity index (χ3n) is 4.52. The molecule has 0 saturated heterocycles. The minimum Gasteiger partial charge on any atom is -0.497 e. The van der Waals surface area contributed by atoms with Crippen molar-refractivity contribution in [1.29, 1.82) is 0 Å². The molecule has 3 rings (SSSR count). The van der Waals surface area contributed by atoms with E-state index in [1.54, 1.807) is 79.9 Å². The number of nitrogens with zero attached hydrogens (tertiary/aromatic N) is 1. The highest BCUT2D eigenvalue weighted by atomic mass is 32.2. The molecular formula is C22H22N2O4S. The van der Waals surface area contributed by atoms with Crippen LogP contribution in [-0.2, 0) is 10.0 Å². The van der Waals surface area contributed by atoms with Crippen molar-refractivity contribution in [3.05, 3.63) is 83.9 Å². The molecule has 0 atom stereocenters. The number of benzene rings is 3. The summed E-state index contributed by atoms with van der Waals surface area (Å²) < 4.78 is 32.3. The van der Waals surface area contributed by atoms with Gasteiger partial charge in [0.15, 0.2) is 0 Å². The predicted octanol–water partition coefficient (Wildman–Crippen LogP) is 4.08. The van der Waals surface area contributed by atoms with Gasteiger partial charge in [0, 0.05) is 12.7 Å². The second-order valence-corrected chi connectivity index (χ2v) is 8.45. The van der Waals surface area contributed by atoms with E-state index in [4.69, 9.17) is 4.74 Å². The van der Waals surface area contributed by atoms with Gasteiger partial charge in [0.1, 0.15) is 5.75 Å². The molecule has 0 heterocycles. The van der Waals surface area contributed by atoms with Crippen LogP contribution < -0.4 is 14.4 Å². The van der Waals surface area contributed by atoms with Gasteiger partial charge in [-0.1, -0.05) is 29.8 Å². The number of carbonyl (C=O) groups is 1. The van der Waals surface area contributed by atoms with Crippen LogP contribution in [0.4, 0.5) is 11.4 Å². The van der Waals surface area contributed by atoms with Gasteiger partial charge in [-0.2, -0.15) is 0 Å². The predicted molar refractivity (Wildman–Crippen MR) is 114 cm³/mol. The van der Waals surface area contributed by atoms with Crippen molar-refractivity contribution in [2.45, 2.75) is 11.8 Å². The highest BCUT2D eigenvalue weighted by molar-refractivity contribution is 7.92. The summed E-state index contributed by atoms with van der Waals surface area (Å²) >= 11 is 0. The molecule has 0 aromatic heterocycles. The van der Waals surface area contributed by atoms with Gasteiger partial charge in [0.2, 0.25) is 0 Å². The average Bonchev–Trinajstić information content (AvgIpc) is 2.74. The molecule has 0 fully saturated rings. The monoisotopic (exact) mass is 410 g/mol. The van der Waals surface area contributed by atoms with Gasteiger partial charge in [0.25, 0.3) is 15.9 Å². The number of carbonyl (C=O) groups excluding carboxylic acids is 1. The summed E-state index contributed by atoms with van der Waals surface area (Å²) in [6.45, 7) is 1.89. The zero-order chi connectivity index (χ0) is 21.0. The molecule has 0 bridgehead atoms. The number of hydrogen-bond donors (Lipinski definition) is 1. The Morgan fingerprint density at radius 1 is 0.931 bits per heavy atom. The number of sulfonamides is 1. The largest absolute Gasteiger partial charge is 0.497 e. The Morgan fingerprint density at radius 2 is 1.55 bits per heavy atom. The number of para-hydroxylation sites is 1. The van der Waals surface area contributed by atoms with Gasteiger partial charge >= 0.3 is 0 Å². The molecule has 0 unspecified atom stereocenters. The van der Waals surface area contributed by atoms with Crippen LogP contribution in [0.1, 0.15) is 15.9 Å². The lowest BCUT2D eigenvalue weighted by atomic mass is 10.1. The summed E-state index contributed by atoms with van der Waals surface area (Å²) in [5.74, 6) is 0.268. The number of methoxy groups -OCH3 is 1. The first kappa shape index (κ1) is 20.4. The van der Waals surface area contributed by atoms with E-state index in [2.05, 4.69) is 5.32 Å². The number of anilines is 2. The maximum atomic E-state index is 13.0. The summed E-state index contributed by atoms with van der Waals surface area (Å²) in [4.78, 5) is 13.0. The van der Waals surface area contributed by atoms with E-state index < -0.39 is 15.9 Å². The van der Waals surface area contributed by atoms with Crippen molar-refractivity contribution in [3.8, 4) is 5.75 Å². The highest BCUT2D eigenvalue weighted by Crippen LogP contribution is 2.27. The molecule has 0 spiro atoms. The molecular weight excluding hydrogens is 388 g/mol. The first-order valence-electron chi connectivity index (χ1n) is 8.93. The lowest BCUT2D eigenvalue weighted by molar-refractivity contribution is 0.102. The van der Waals surface area contributed by atoms with E-state index in [1.807, 2.05) is 6.92 Å². The molecule has 0 radical (unpaired) electrons. The van der Waals surface area contributed by atoms with Crippen molar-refractivity contribution in [2.75, 3.05) is 23.8 Å². The second kappa shape index (κ2) is 8.36. The maximum absolute atomic E-state index is 13.0. The number of aryl methyl sites for hydroxylation is 1. The Hall–Kier alpha value is -3.32. The Bertz CT molecular complexity index is 1110. The van der Waals surface area contributed by atoms with Crippen LogP contribution in [-0.4, -0.2) is 28.5 Å². The molecule has 0 aliphatic heterocycles. The Morgan fingerprint density at radius 3 is 2.17 bits per heavy atom. The lowest BCUT2D eigenvalue weighted by Gasteiger charge is -2.22. The molecule has 1 N–H and O–H groups in total. The van der Waals surface area contributed by atoms with Crippen molar-refractivity contribution in [2.24, 2.45) is 0 Å². The summed E-state index contributed by atoms with van der Waals surface area (Å²) in [6, 6.07) is 20.1. The average molecular weight is 410 g/mol. The lowest BCUT2D eigenvalue weighted by Crippen LogP contribution is -2.29. The fourth-order valence-corrected chi connectivity index (χ4v) is 4.03. The normalized spacial score (nSPS) is 11.0. The van der Waals surface area contributed by atoms with Gasteiger partial charge in [0.05, 0.1) is 23.3 Å². The van der Waals surface area contributed by atoms with Crippen molar-refractivity contribution in [3.63, 3.8) is 0 Å². The first-order chi connectivity index (χ1) is 13.8. The Kier molecular flexibility index (Phi) is 5.89. The number of hydrogen-bond acceptors (Lipinski definition) is 4. The summed E-state index contributed by atoms with van der Waals surface area (Å²) in [5, 5.41) is 2.79. The van der Waals surface area contributed by atoms with Crippen LogP contribution in [0, 0.1) is 6.92 Å². The van der Waals surface area contributed by atoms with E-state index in [9.17, 15) is 13.2 Å². The van der Waals surface area contributed by atoms with Crippen LogP contribution in [0.2, 0.25) is 0 Å². The van der Waals surface area contributed by atoms with Gasteiger partial charge in [-0.3, -0.25) is 9.10 Å². The summed E-state index contributed by atoms with van der Waals surface area (Å²) in [6.07, 6.45) is 0. The number of ether oxygens (including phenoxy) is 1. The zero-order valence-corrected chi connectivity index (χ0v) is 17.2.